The van der Waals surface area contributed by atoms with Crippen molar-refractivity contribution < 1.29 is 4.79 Å². The molecular weight excluding hydrogens is 402 g/mol. The van der Waals surface area contributed by atoms with Crippen LogP contribution in [0.25, 0.3) is 0 Å². The molecule has 0 radical (unpaired) electrons. The van der Waals surface area contributed by atoms with Crippen molar-refractivity contribution in [2.75, 3.05) is 5.32 Å². The molecule has 0 saturated heterocycles. The van der Waals surface area contributed by atoms with Gasteiger partial charge in [0.2, 0.25) is 5.91 Å². The number of aromatic nitrogens is 1. The minimum absolute atomic E-state index is 0.131. The van der Waals surface area contributed by atoms with Gasteiger partial charge in [-0.1, -0.05) is 44.1 Å². The smallest absolute Gasteiger partial charge is 0.237 e. The summed E-state index contributed by atoms with van der Waals surface area (Å²) in [4.78, 5) is 17.4. The average molecular weight is 428 g/mol. The first kappa shape index (κ1) is 21.7. The van der Waals surface area contributed by atoms with Gasteiger partial charge in [-0.05, 0) is 73.4 Å². The van der Waals surface area contributed by atoms with Gasteiger partial charge in [0.15, 0.2) is 0 Å². The van der Waals surface area contributed by atoms with Gasteiger partial charge in [0.25, 0.3) is 0 Å². The molecule has 0 bridgehead atoms. The van der Waals surface area contributed by atoms with Crippen LogP contribution in [0.3, 0.4) is 0 Å². The number of carbonyl (C=O) groups excluding carboxylic acids is 1. The molecule has 0 aliphatic heterocycles. The van der Waals surface area contributed by atoms with E-state index in [9.17, 15) is 10.1 Å². The third kappa shape index (κ3) is 5.32. The minimum atomic E-state index is -0.380. The zero-order chi connectivity index (χ0) is 21.2. The maximum absolute atomic E-state index is 12.6. The number of nitrogens with one attached hydrogen (secondary N) is 1. The summed E-state index contributed by atoms with van der Waals surface area (Å²) >= 11 is 7.22. The zero-order valence-electron chi connectivity index (χ0n) is 17.3. The van der Waals surface area contributed by atoms with Gasteiger partial charge in [-0.15, -0.1) is 0 Å². The van der Waals surface area contributed by atoms with Gasteiger partial charge >= 0.3 is 0 Å². The molecule has 0 fully saturated rings. The Bertz CT molecular complexity index is 944. The summed E-state index contributed by atoms with van der Waals surface area (Å²) in [6.45, 7) is 8.64. The van der Waals surface area contributed by atoms with Crippen molar-refractivity contribution in [3.63, 3.8) is 0 Å². The Kier molecular flexibility index (Phi) is 6.55. The second-order valence-electron chi connectivity index (χ2n) is 8.62. The van der Waals surface area contributed by atoms with Gasteiger partial charge in [0, 0.05) is 16.4 Å². The van der Waals surface area contributed by atoms with Crippen LogP contribution in [0.5, 0.6) is 0 Å². The Balaban J connectivity index is 1.74. The van der Waals surface area contributed by atoms with Crippen LogP contribution >= 0.6 is 23.4 Å². The highest BCUT2D eigenvalue weighted by Crippen LogP contribution is 2.38. The number of pyridine rings is 1. The molecule has 6 heteroatoms. The predicted molar refractivity (Wildman–Crippen MR) is 119 cm³/mol. The minimum Gasteiger partial charge on any atom is -0.325 e. The fourth-order valence-corrected chi connectivity index (χ4v) is 4.57. The first-order valence-corrected chi connectivity index (χ1v) is 11.1. The molecule has 1 aliphatic rings. The first-order chi connectivity index (χ1) is 13.7. The van der Waals surface area contributed by atoms with Gasteiger partial charge < -0.3 is 5.32 Å². The van der Waals surface area contributed by atoms with Crippen LogP contribution in [0.15, 0.2) is 35.4 Å². The Morgan fingerprint density at radius 2 is 2.03 bits per heavy atom. The lowest BCUT2D eigenvalue weighted by atomic mass is 9.71. The third-order valence-corrected chi connectivity index (χ3v) is 6.82. The molecule has 1 amide bonds. The molecule has 4 nitrogen and oxygen atoms in total. The maximum atomic E-state index is 12.6. The van der Waals surface area contributed by atoms with E-state index in [1.165, 1.54) is 17.3 Å². The highest BCUT2D eigenvalue weighted by atomic mass is 35.5. The zero-order valence-corrected chi connectivity index (χ0v) is 18.8. The Morgan fingerprint density at radius 1 is 1.34 bits per heavy atom. The van der Waals surface area contributed by atoms with E-state index < -0.39 is 0 Å². The number of nitrogens with zero attached hydrogens (tertiary/aromatic N) is 2. The number of thioether (sulfide) groups is 1. The van der Waals surface area contributed by atoms with Crippen molar-refractivity contribution in [1.82, 2.24) is 4.98 Å². The Hall–Kier alpha value is -2.03. The second-order valence-corrected chi connectivity index (χ2v) is 10.4. The molecule has 1 heterocycles. The van der Waals surface area contributed by atoms with E-state index in [4.69, 9.17) is 16.6 Å². The van der Waals surface area contributed by atoms with E-state index in [2.05, 4.69) is 32.2 Å². The molecule has 1 N–H and O–H groups in total. The predicted octanol–water partition coefficient (Wildman–Crippen LogP) is 5.88. The molecule has 0 saturated carbocycles. The van der Waals surface area contributed by atoms with Crippen LogP contribution < -0.4 is 5.32 Å². The van der Waals surface area contributed by atoms with Crippen LogP contribution in [0, 0.1) is 22.7 Å². The second kappa shape index (κ2) is 8.77. The number of fused-ring (bicyclic) bond motifs is 1. The number of aryl methyl sites for hydroxylation is 1. The number of amides is 1. The third-order valence-electron chi connectivity index (χ3n) is 5.47. The monoisotopic (exact) mass is 427 g/mol. The molecular formula is C23H26ClN3OS. The lowest BCUT2D eigenvalue weighted by Gasteiger charge is -2.34. The number of hydrogen-bond donors (Lipinski definition) is 1. The lowest BCUT2D eigenvalue weighted by Crippen LogP contribution is -2.27. The van der Waals surface area contributed by atoms with Gasteiger partial charge in [0.05, 0.1) is 10.8 Å². The fraction of sp³-hybridized carbons (Fsp3) is 0.435. The highest BCUT2D eigenvalue weighted by Gasteiger charge is 2.30. The molecule has 2 atom stereocenters. The van der Waals surface area contributed by atoms with Crippen LogP contribution in [0.1, 0.15) is 50.9 Å². The van der Waals surface area contributed by atoms with Gasteiger partial charge in [0.1, 0.15) is 11.1 Å². The molecule has 29 heavy (non-hydrogen) atoms. The van der Waals surface area contributed by atoms with Crippen molar-refractivity contribution >= 4 is 35.0 Å². The summed E-state index contributed by atoms with van der Waals surface area (Å²) in [6.07, 6.45) is 2.98. The van der Waals surface area contributed by atoms with Crippen molar-refractivity contribution in [2.24, 2.45) is 11.3 Å². The molecule has 1 aliphatic carbocycles. The first-order valence-electron chi connectivity index (χ1n) is 9.83. The summed E-state index contributed by atoms with van der Waals surface area (Å²) in [6, 6.07) is 11.2. The van der Waals surface area contributed by atoms with Crippen LogP contribution in [0.2, 0.25) is 5.02 Å². The van der Waals surface area contributed by atoms with Crippen molar-refractivity contribution in [3.8, 4) is 6.07 Å². The largest absolute Gasteiger partial charge is 0.325 e. The van der Waals surface area contributed by atoms with Crippen LogP contribution in [0.4, 0.5) is 5.69 Å². The Morgan fingerprint density at radius 3 is 2.66 bits per heavy atom. The normalized spacial score (nSPS) is 17.2. The van der Waals surface area contributed by atoms with E-state index in [-0.39, 0.29) is 16.6 Å². The molecule has 1 aromatic carbocycles. The van der Waals surface area contributed by atoms with E-state index in [0.29, 0.717) is 27.2 Å². The maximum Gasteiger partial charge on any atom is 0.237 e. The van der Waals surface area contributed by atoms with Gasteiger partial charge in [-0.25, -0.2) is 4.98 Å². The number of halogens is 1. The summed E-state index contributed by atoms with van der Waals surface area (Å²) < 4.78 is 0. The number of benzene rings is 1. The van der Waals surface area contributed by atoms with E-state index in [0.717, 1.165) is 25.0 Å². The van der Waals surface area contributed by atoms with E-state index in [1.807, 2.05) is 13.0 Å². The summed E-state index contributed by atoms with van der Waals surface area (Å²) in [5.41, 5.74) is 3.73. The van der Waals surface area contributed by atoms with Gasteiger partial charge in [-0.3, -0.25) is 4.79 Å². The average Bonchev–Trinajstić information content (AvgIpc) is 2.68. The molecule has 152 valence electrons. The molecule has 0 spiro atoms. The van der Waals surface area contributed by atoms with Crippen LogP contribution in [-0.2, 0) is 17.6 Å². The van der Waals surface area contributed by atoms with Crippen molar-refractivity contribution in [3.05, 3.63) is 52.2 Å². The molecule has 1 aromatic heterocycles. The van der Waals surface area contributed by atoms with Crippen molar-refractivity contribution in [2.45, 2.75) is 57.2 Å². The molecule has 2 aromatic rings. The number of rotatable bonds is 4. The van der Waals surface area contributed by atoms with Gasteiger partial charge in [-0.2, -0.15) is 5.26 Å². The number of hydrogen-bond acceptors (Lipinski definition) is 4. The standard InChI is InChI=1S/C23H26ClN3OS/c1-14(21(28)26-19-8-6-18(24)7-9-19)29-22-16(13-25)11-15-12-17(23(2,3)4)5-10-20(15)27-22/h6-9,11,14,17H,5,10,12H2,1-4H3,(H,26,28). The SMILES string of the molecule is CC(Sc1nc2c(cc1C#N)CC(C(C)(C)C)CC2)C(=O)Nc1ccc(Cl)cc1. The number of carbonyl (C=O) groups is 1. The lowest BCUT2D eigenvalue weighted by molar-refractivity contribution is -0.115. The Labute approximate surface area is 182 Å². The highest BCUT2D eigenvalue weighted by molar-refractivity contribution is 8.00. The van der Waals surface area contributed by atoms with E-state index >= 15 is 0 Å². The van der Waals surface area contributed by atoms with E-state index in [1.54, 1.807) is 24.3 Å². The fourth-order valence-electron chi connectivity index (χ4n) is 3.55. The summed E-state index contributed by atoms with van der Waals surface area (Å²) in [5, 5.41) is 13.4. The molecule has 2 unspecified atom stereocenters. The molecule has 3 rings (SSSR count). The number of anilines is 1. The number of nitriles is 1. The summed E-state index contributed by atoms with van der Waals surface area (Å²) in [5.74, 6) is 0.458. The quantitative estimate of drug-likeness (QED) is 0.619. The van der Waals surface area contributed by atoms with Crippen LogP contribution in [-0.4, -0.2) is 16.1 Å². The summed E-state index contributed by atoms with van der Waals surface area (Å²) in [7, 11) is 0. The topological polar surface area (TPSA) is 65.8 Å². The van der Waals surface area contributed by atoms with Crippen molar-refractivity contribution in [1.29, 1.82) is 5.26 Å².